The van der Waals surface area contributed by atoms with Crippen molar-refractivity contribution in [3.63, 3.8) is 0 Å². The molecule has 0 radical (unpaired) electrons. The number of ether oxygens (including phenoxy) is 3. The molecule has 0 N–H and O–H groups in total. The van der Waals surface area contributed by atoms with E-state index < -0.39 is 11.2 Å². The molecule has 0 aromatic carbocycles. The van der Waals surface area contributed by atoms with Crippen LogP contribution >= 0.6 is 0 Å². The summed E-state index contributed by atoms with van der Waals surface area (Å²) in [6.07, 6.45) is 5.40. The number of rotatable bonds is 1. The molecule has 0 aromatic heterocycles. The molecule has 0 aromatic rings. The molecular weight excluding hydrogens is 316 g/mol. The lowest BCUT2D eigenvalue weighted by Crippen LogP contribution is -2.73. The van der Waals surface area contributed by atoms with Crippen molar-refractivity contribution in [3.05, 3.63) is 0 Å². The second-order valence-electron chi connectivity index (χ2n) is 10.9. The first-order chi connectivity index (χ1) is 12.3. The summed E-state index contributed by atoms with van der Waals surface area (Å²) in [5, 5.41) is 0. The maximum atomic E-state index is 13.8. The molecule has 4 nitrogen and oxygen atoms in total. The Kier molecular flexibility index (Phi) is 1.64. The number of hydrogen-bond acceptors (Lipinski definition) is 4. The van der Waals surface area contributed by atoms with Gasteiger partial charge in [0.15, 0.2) is 5.79 Å². The van der Waals surface area contributed by atoms with Crippen LogP contribution in [0.15, 0.2) is 0 Å². The molecule has 4 heteroatoms. The van der Waals surface area contributed by atoms with E-state index in [0.717, 1.165) is 41.9 Å². The van der Waals surface area contributed by atoms with Crippen molar-refractivity contribution in [1.82, 2.24) is 0 Å². The zero-order valence-corrected chi connectivity index (χ0v) is 14.5. The minimum atomic E-state index is -0.649. The highest BCUT2D eigenvalue weighted by atomic mass is 16.7. The molecule has 8 aliphatic carbocycles. The Bertz CT molecular complexity index is 780. The van der Waals surface area contributed by atoms with Gasteiger partial charge >= 0.3 is 5.97 Å². The molecule has 0 amide bonds. The standard InChI is InChI=1S/C21H24O4/c1-23-21-18-12-6-2-4-8-11(6)17-14(12)15-13(18)10-7(3-5-9(10)25-21)16(15)20(17,21)19(22)24-8/h6-18H,2-5H2,1H3. The number of carbonyl (C=O) groups is 1. The van der Waals surface area contributed by atoms with Crippen molar-refractivity contribution in [2.45, 2.75) is 43.7 Å². The van der Waals surface area contributed by atoms with Gasteiger partial charge in [0.1, 0.15) is 11.5 Å². The first kappa shape index (κ1) is 12.7. The Balaban J connectivity index is 1.45. The largest absolute Gasteiger partial charge is 0.461 e. The normalized spacial score (nSPS) is 79.1. The third kappa shape index (κ3) is 0.818. The molecule has 132 valence electrons. The van der Waals surface area contributed by atoms with Crippen LogP contribution in [0.25, 0.3) is 0 Å². The van der Waals surface area contributed by atoms with Gasteiger partial charge in [-0.25, -0.2) is 0 Å². The molecule has 9 bridgehead atoms. The predicted molar refractivity (Wildman–Crippen MR) is 83.8 cm³/mol. The van der Waals surface area contributed by atoms with E-state index in [-0.39, 0.29) is 12.1 Å². The van der Waals surface area contributed by atoms with Gasteiger partial charge in [-0.2, -0.15) is 0 Å². The van der Waals surface area contributed by atoms with Gasteiger partial charge < -0.3 is 14.2 Å². The molecular formula is C21H24O4. The van der Waals surface area contributed by atoms with Crippen LogP contribution in [0.4, 0.5) is 0 Å². The molecule has 10 aliphatic rings. The van der Waals surface area contributed by atoms with Gasteiger partial charge in [0.2, 0.25) is 0 Å². The van der Waals surface area contributed by atoms with Crippen LogP contribution in [0.1, 0.15) is 25.7 Å². The molecule has 10 fully saturated rings. The van der Waals surface area contributed by atoms with Crippen LogP contribution in [0, 0.1) is 70.5 Å². The van der Waals surface area contributed by atoms with E-state index >= 15 is 0 Å². The monoisotopic (exact) mass is 340 g/mol. The second kappa shape index (κ2) is 3.22. The van der Waals surface area contributed by atoms with Gasteiger partial charge in [-0.3, -0.25) is 4.79 Å². The first-order valence-electron chi connectivity index (χ1n) is 10.7. The molecule has 8 saturated carbocycles. The van der Waals surface area contributed by atoms with Gasteiger partial charge in [-0.15, -0.1) is 0 Å². The minimum Gasteiger partial charge on any atom is -0.461 e. The predicted octanol–water partition coefficient (Wildman–Crippen LogP) is 2.07. The summed E-state index contributed by atoms with van der Waals surface area (Å²) >= 11 is 0. The highest BCUT2D eigenvalue weighted by molar-refractivity contribution is 5.83. The fourth-order valence-electron chi connectivity index (χ4n) is 12.1. The number of methoxy groups -OCH3 is 1. The first-order valence-corrected chi connectivity index (χ1v) is 10.7. The summed E-state index contributed by atoms with van der Waals surface area (Å²) in [4.78, 5) is 13.8. The Morgan fingerprint density at radius 2 is 1.60 bits per heavy atom. The summed E-state index contributed by atoms with van der Waals surface area (Å²) in [6, 6.07) is 0. The zero-order valence-electron chi connectivity index (χ0n) is 14.5. The molecule has 1 spiro atoms. The summed E-state index contributed by atoms with van der Waals surface area (Å²) in [5.41, 5.74) is -0.455. The summed E-state index contributed by atoms with van der Waals surface area (Å²) < 4.78 is 19.6. The van der Waals surface area contributed by atoms with Gasteiger partial charge in [0, 0.05) is 18.9 Å². The molecule has 15 atom stereocenters. The Morgan fingerprint density at radius 1 is 0.840 bits per heavy atom. The SMILES string of the molecule is COC12OC3CCC4C3C3C5C6C(C7CCC8OC(=O)C1(C45)C6C87)C32. The fourth-order valence-corrected chi connectivity index (χ4v) is 12.1. The minimum absolute atomic E-state index is 0.0933. The van der Waals surface area contributed by atoms with Crippen LogP contribution in [0.5, 0.6) is 0 Å². The van der Waals surface area contributed by atoms with E-state index in [1.165, 1.54) is 19.3 Å². The van der Waals surface area contributed by atoms with Crippen molar-refractivity contribution in [2.75, 3.05) is 7.11 Å². The van der Waals surface area contributed by atoms with Crippen LogP contribution in [-0.4, -0.2) is 31.1 Å². The molecule has 25 heavy (non-hydrogen) atoms. The zero-order chi connectivity index (χ0) is 16.0. The number of carbonyl (C=O) groups excluding carboxylic acids is 1. The van der Waals surface area contributed by atoms with Crippen LogP contribution in [0.3, 0.4) is 0 Å². The van der Waals surface area contributed by atoms with Gasteiger partial charge in [-0.1, -0.05) is 0 Å². The van der Waals surface area contributed by atoms with E-state index in [1.807, 2.05) is 7.11 Å². The van der Waals surface area contributed by atoms with E-state index in [2.05, 4.69) is 0 Å². The van der Waals surface area contributed by atoms with Crippen molar-refractivity contribution >= 4 is 5.97 Å². The van der Waals surface area contributed by atoms with Crippen molar-refractivity contribution < 1.29 is 19.0 Å². The maximum absolute atomic E-state index is 13.8. The summed E-state index contributed by atoms with van der Waals surface area (Å²) in [6.45, 7) is 0. The summed E-state index contributed by atoms with van der Waals surface area (Å²) in [5.74, 6) is 6.89. The maximum Gasteiger partial charge on any atom is 0.318 e. The molecule has 2 aliphatic heterocycles. The molecule has 15 unspecified atom stereocenters. The average Bonchev–Trinajstić information content (AvgIpc) is 3.34. The van der Waals surface area contributed by atoms with Crippen molar-refractivity contribution in [2.24, 2.45) is 70.5 Å². The van der Waals surface area contributed by atoms with E-state index in [9.17, 15) is 4.79 Å². The van der Waals surface area contributed by atoms with Crippen LogP contribution in [0.2, 0.25) is 0 Å². The van der Waals surface area contributed by atoms with E-state index in [0.29, 0.717) is 35.7 Å². The average molecular weight is 340 g/mol. The molecule has 10 rings (SSSR count). The molecule has 2 saturated heterocycles. The summed E-state index contributed by atoms with van der Waals surface area (Å²) in [7, 11) is 1.84. The quantitative estimate of drug-likeness (QED) is 0.686. The highest BCUT2D eigenvalue weighted by Gasteiger charge is 2.98. The van der Waals surface area contributed by atoms with Gasteiger partial charge in [0.05, 0.1) is 6.10 Å². The fraction of sp³-hybridized carbons (Fsp3) is 0.952. The third-order valence-electron chi connectivity index (χ3n) is 11.5. The van der Waals surface area contributed by atoms with Gasteiger partial charge in [-0.05, 0) is 78.9 Å². The Labute approximate surface area is 146 Å². The second-order valence-corrected chi connectivity index (χ2v) is 10.9. The van der Waals surface area contributed by atoms with Crippen LogP contribution < -0.4 is 0 Å². The van der Waals surface area contributed by atoms with E-state index in [4.69, 9.17) is 14.2 Å². The van der Waals surface area contributed by atoms with Crippen molar-refractivity contribution in [1.29, 1.82) is 0 Å². The number of hydrogen-bond donors (Lipinski definition) is 0. The topological polar surface area (TPSA) is 44.8 Å². The lowest BCUT2D eigenvalue weighted by atomic mass is 9.52. The van der Waals surface area contributed by atoms with E-state index in [1.54, 1.807) is 0 Å². The number of esters is 1. The van der Waals surface area contributed by atoms with Crippen LogP contribution in [-0.2, 0) is 19.0 Å². The lowest BCUT2D eigenvalue weighted by molar-refractivity contribution is -0.389. The smallest absolute Gasteiger partial charge is 0.318 e. The highest BCUT2D eigenvalue weighted by Crippen LogP contribution is 2.93. The third-order valence-corrected chi connectivity index (χ3v) is 11.5. The lowest BCUT2D eigenvalue weighted by Gasteiger charge is -2.62. The Morgan fingerprint density at radius 3 is 2.48 bits per heavy atom. The van der Waals surface area contributed by atoms with Crippen molar-refractivity contribution in [3.8, 4) is 0 Å². The Hall–Kier alpha value is -0.610. The van der Waals surface area contributed by atoms with Gasteiger partial charge in [0.25, 0.3) is 0 Å². The molecule has 2 heterocycles.